The van der Waals surface area contributed by atoms with Crippen LogP contribution in [0.5, 0.6) is 5.75 Å². The second-order valence-corrected chi connectivity index (χ2v) is 8.96. The number of hydrazone groups is 1. The molecule has 1 aromatic heterocycles. The van der Waals surface area contributed by atoms with Gasteiger partial charge < -0.3 is 10.1 Å². The van der Waals surface area contributed by atoms with Crippen LogP contribution in [-0.2, 0) is 5.75 Å². The SMILES string of the molecule is COc1ccc(C=NNC(=S)Nc2ccc(Cl)cc2)cc1CSc1nc(C(F)F)cc(C)c1C#N. The molecule has 0 spiro atoms. The van der Waals surface area contributed by atoms with Gasteiger partial charge in [0.15, 0.2) is 5.11 Å². The van der Waals surface area contributed by atoms with E-state index in [2.05, 4.69) is 26.9 Å². The molecule has 6 nitrogen and oxygen atoms in total. The van der Waals surface area contributed by atoms with Crippen molar-refractivity contribution in [3.05, 3.63) is 81.5 Å². The number of thioether (sulfide) groups is 1. The van der Waals surface area contributed by atoms with Crippen LogP contribution in [0, 0.1) is 18.3 Å². The number of halogens is 3. The fourth-order valence-corrected chi connectivity index (χ4v) is 4.35. The first-order valence-corrected chi connectivity index (χ1v) is 11.9. The Morgan fingerprint density at radius 1 is 1.29 bits per heavy atom. The summed E-state index contributed by atoms with van der Waals surface area (Å²) in [6.45, 7) is 1.62. The average molecular weight is 532 g/mol. The van der Waals surface area contributed by atoms with Gasteiger partial charge in [-0.25, -0.2) is 13.8 Å². The maximum Gasteiger partial charge on any atom is 0.280 e. The number of alkyl halides is 2. The Balaban J connectivity index is 1.70. The Kier molecular flexibility index (Phi) is 9.37. The first-order chi connectivity index (χ1) is 16.8. The Hall–Kier alpha value is -3.26. The van der Waals surface area contributed by atoms with E-state index in [1.54, 1.807) is 50.6 Å². The summed E-state index contributed by atoms with van der Waals surface area (Å²) in [4.78, 5) is 3.99. The zero-order valence-electron chi connectivity index (χ0n) is 18.7. The number of anilines is 1. The molecule has 0 radical (unpaired) electrons. The largest absolute Gasteiger partial charge is 0.496 e. The number of aryl methyl sites for hydroxylation is 1. The number of ether oxygens (including phenoxy) is 1. The van der Waals surface area contributed by atoms with Gasteiger partial charge >= 0.3 is 0 Å². The number of methoxy groups -OCH3 is 1. The minimum atomic E-state index is -2.72. The number of hydrogen-bond acceptors (Lipinski definition) is 6. The molecular weight excluding hydrogens is 512 g/mol. The van der Waals surface area contributed by atoms with Crippen LogP contribution in [-0.4, -0.2) is 23.4 Å². The van der Waals surface area contributed by atoms with E-state index in [4.69, 9.17) is 28.6 Å². The van der Waals surface area contributed by atoms with E-state index < -0.39 is 6.43 Å². The molecule has 2 aromatic carbocycles. The third-order valence-corrected chi connectivity index (χ3v) is 6.16. The highest BCUT2D eigenvalue weighted by Crippen LogP contribution is 2.32. The van der Waals surface area contributed by atoms with Crippen molar-refractivity contribution in [2.24, 2.45) is 5.10 Å². The standard InChI is InChI=1S/C24H20ClF2N5OS2/c1-14-9-20(22(26)27)31-23(19(14)11-28)35-13-16-10-15(3-8-21(16)33-2)12-29-32-24(34)30-18-6-4-17(25)5-7-18/h3-10,12,22H,13H2,1-2H3,(H2,30,32,34). The Morgan fingerprint density at radius 3 is 2.69 bits per heavy atom. The number of hydrogen-bond donors (Lipinski definition) is 2. The quantitative estimate of drug-likeness (QED) is 0.149. The number of aromatic nitrogens is 1. The molecule has 11 heteroatoms. The highest BCUT2D eigenvalue weighted by Gasteiger charge is 2.17. The number of nitrogens with one attached hydrogen (secondary N) is 2. The second-order valence-electron chi connectivity index (χ2n) is 7.15. The fourth-order valence-electron chi connectivity index (χ4n) is 3.02. The molecule has 0 atom stereocenters. The molecule has 1 heterocycles. The lowest BCUT2D eigenvalue weighted by atomic mass is 10.1. The molecule has 0 saturated heterocycles. The normalized spacial score (nSPS) is 10.9. The Morgan fingerprint density at radius 2 is 2.03 bits per heavy atom. The predicted octanol–water partition coefficient (Wildman–Crippen LogP) is 6.47. The van der Waals surface area contributed by atoms with Crippen LogP contribution in [0.15, 0.2) is 58.7 Å². The van der Waals surface area contributed by atoms with Gasteiger partial charge in [0.05, 0.1) is 18.9 Å². The van der Waals surface area contributed by atoms with Crippen molar-refractivity contribution in [3.8, 4) is 11.8 Å². The molecule has 0 aliphatic carbocycles. The zero-order valence-corrected chi connectivity index (χ0v) is 21.1. The maximum absolute atomic E-state index is 13.2. The number of nitrogens with zero attached hydrogens (tertiary/aromatic N) is 3. The smallest absolute Gasteiger partial charge is 0.280 e. The second kappa shape index (κ2) is 12.4. The number of thiocarbonyl (C=S) groups is 1. The maximum atomic E-state index is 13.2. The molecular formula is C24H20ClF2N5OS2. The Bertz CT molecular complexity index is 1280. The molecule has 0 aliphatic heterocycles. The number of rotatable bonds is 8. The molecule has 35 heavy (non-hydrogen) atoms. The van der Waals surface area contributed by atoms with Crippen LogP contribution >= 0.6 is 35.6 Å². The van der Waals surface area contributed by atoms with Crippen LogP contribution in [0.3, 0.4) is 0 Å². The summed E-state index contributed by atoms with van der Waals surface area (Å²) in [5.41, 5.74) is 5.44. The summed E-state index contributed by atoms with van der Waals surface area (Å²) in [5, 5.41) is 17.8. The van der Waals surface area contributed by atoms with Crippen molar-refractivity contribution < 1.29 is 13.5 Å². The highest BCUT2D eigenvalue weighted by molar-refractivity contribution is 7.98. The molecule has 3 aromatic rings. The van der Waals surface area contributed by atoms with Crippen molar-refractivity contribution in [2.75, 3.05) is 12.4 Å². The topological polar surface area (TPSA) is 82.3 Å². The molecule has 0 amide bonds. The molecule has 0 bridgehead atoms. The lowest BCUT2D eigenvalue weighted by Crippen LogP contribution is -2.23. The van der Waals surface area contributed by atoms with Gasteiger partial charge in [0.2, 0.25) is 0 Å². The highest BCUT2D eigenvalue weighted by atomic mass is 35.5. The van der Waals surface area contributed by atoms with Crippen molar-refractivity contribution in [1.29, 1.82) is 5.26 Å². The molecule has 0 aliphatic rings. The van der Waals surface area contributed by atoms with Gasteiger partial charge in [-0.3, -0.25) is 5.43 Å². The predicted molar refractivity (Wildman–Crippen MR) is 140 cm³/mol. The lowest BCUT2D eigenvalue weighted by molar-refractivity contribution is 0.145. The van der Waals surface area contributed by atoms with Gasteiger partial charge in [0, 0.05) is 22.0 Å². The summed E-state index contributed by atoms with van der Waals surface area (Å²) in [6, 6.07) is 15.8. The molecule has 0 fully saturated rings. The lowest BCUT2D eigenvalue weighted by Gasteiger charge is -2.12. The van der Waals surface area contributed by atoms with Crippen molar-refractivity contribution in [3.63, 3.8) is 0 Å². The van der Waals surface area contributed by atoms with E-state index in [-0.39, 0.29) is 16.3 Å². The van der Waals surface area contributed by atoms with E-state index in [1.807, 2.05) is 12.1 Å². The fraction of sp³-hybridized carbons (Fsp3) is 0.167. The van der Waals surface area contributed by atoms with E-state index in [1.165, 1.54) is 17.8 Å². The molecule has 2 N–H and O–H groups in total. The van der Waals surface area contributed by atoms with Crippen LogP contribution in [0.25, 0.3) is 0 Å². The van der Waals surface area contributed by atoms with Gasteiger partial charge in [-0.15, -0.1) is 11.8 Å². The van der Waals surface area contributed by atoms with Crippen molar-refractivity contribution in [1.82, 2.24) is 10.4 Å². The van der Waals surface area contributed by atoms with Crippen LogP contribution in [0.2, 0.25) is 5.02 Å². The number of benzene rings is 2. The molecule has 0 unspecified atom stereocenters. The monoisotopic (exact) mass is 531 g/mol. The summed E-state index contributed by atoms with van der Waals surface area (Å²) in [7, 11) is 1.54. The zero-order chi connectivity index (χ0) is 25.4. The molecule has 180 valence electrons. The Labute approximate surface area is 216 Å². The van der Waals surface area contributed by atoms with Gasteiger partial charge in [-0.05, 0) is 78.8 Å². The van der Waals surface area contributed by atoms with Gasteiger partial charge in [-0.2, -0.15) is 10.4 Å². The summed E-state index contributed by atoms with van der Waals surface area (Å²) >= 11 is 12.3. The van der Waals surface area contributed by atoms with Gasteiger partial charge in [0.1, 0.15) is 22.5 Å². The van der Waals surface area contributed by atoms with E-state index >= 15 is 0 Å². The molecule has 0 saturated carbocycles. The van der Waals surface area contributed by atoms with Crippen LogP contribution < -0.4 is 15.5 Å². The number of nitriles is 1. The van der Waals surface area contributed by atoms with E-state index in [9.17, 15) is 14.0 Å². The third-order valence-electron chi connectivity index (χ3n) is 4.69. The van der Waals surface area contributed by atoms with Gasteiger partial charge in [0.25, 0.3) is 6.43 Å². The minimum Gasteiger partial charge on any atom is -0.496 e. The summed E-state index contributed by atoms with van der Waals surface area (Å²) < 4.78 is 31.8. The number of pyridine rings is 1. The first kappa shape index (κ1) is 26.3. The van der Waals surface area contributed by atoms with Crippen LogP contribution in [0.1, 0.15) is 34.4 Å². The van der Waals surface area contributed by atoms with E-state index in [0.717, 1.165) is 16.8 Å². The van der Waals surface area contributed by atoms with Gasteiger partial charge in [-0.1, -0.05) is 11.6 Å². The van der Waals surface area contributed by atoms with Crippen molar-refractivity contribution >= 4 is 52.6 Å². The van der Waals surface area contributed by atoms with Crippen molar-refractivity contribution in [2.45, 2.75) is 24.1 Å². The first-order valence-electron chi connectivity index (χ1n) is 10.2. The minimum absolute atomic E-state index is 0.254. The third kappa shape index (κ3) is 7.36. The van der Waals surface area contributed by atoms with E-state index in [0.29, 0.717) is 27.2 Å². The average Bonchev–Trinajstić information content (AvgIpc) is 2.84. The summed E-state index contributed by atoms with van der Waals surface area (Å²) in [5.74, 6) is 0.964. The summed E-state index contributed by atoms with van der Waals surface area (Å²) in [6.07, 6.45) is -1.13. The molecule has 3 rings (SSSR count). The van der Waals surface area contributed by atoms with Crippen LogP contribution in [0.4, 0.5) is 14.5 Å².